The fourth-order valence-electron chi connectivity index (χ4n) is 2.18. The number of hydrogen-bond donors (Lipinski definition) is 0. The summed E-state index contributed by atoms with van der Waals surface area (Å²) < 4.78 is 1.77. The number of benzene rings is 1. The summed E-state index contributed by atoms with van der Waals surface area (Å²) in [6.07, 6.45) is 4.61. The maximum atomic E-state index is 11.8. The zero-order chi connectivity index (χ0) is 13.1. The zero-order valence-corrected chi connectivity index (χ0v) is 11.4. The van der Waals surface area contributed by atoms with Gasteiger partial charge in [0.05, 0.1) is 5.52 Å². The van der Waals surface area contributed by atoms with Crippen LogP contribution in [0, 0.1) is 6.92 Å². The average molecular weight is 262 g/mol. The van der Waals surface area contributed by atoms with Crippen LogP contribution in [0.2, 0.25) is 0 Å². The molecule has 0 aliphatic carbocycles. The first-order valence-corrected chi connectivity index (χ1v) is 6.50. The highest BCUT2D eigenvalue weighted by Crippen LogP contribution is 2.22. The third-order valence-corrected chi connectivity index (χ3v) is 3.11. The summed E-state index contributed by atoms with van der Waals surface area (Å²) in [5.74, 6) is 0.544. The van der Waals surface area contributed by atoms with Crippen LogP contribution in [0.25, 0.3) is 10.9 Å². The minimum Gasteiger partial charge on any atom is -0.284 e. The predicted molar refractivity (Wildman–Crippen MR) is 76.5 cm³/mol. The average Bonchev–Trinajstić information content (AvgIpc) is 2.66. The van der Waals surface area contributed by atoms with E-state index in [0.29, 0.717) is 5.88 Å². The molecular formula is C15H16ClNO. The Hall–Kier alpha value is -1.54. The number of aromatic nitrogens is 1. The Labute approximate surface area is 112 Å². The molecule has 94 valence electrons. The Kier molecular flexibility index (Phi) is 3.87. The van der Waals surface area contributed by atoms with Gasteiger partial charge in [-0.15, -0.1) is 11.6 Å². The van der Waals surface area contributed by atoms with E-state index in [1.54, 1.807) is 11.5 Å². The van der Waals surface area contributed by atoms with Crippen LogP contribution in [-0.4, -0.2) is 16.4 Å². The molecular weight excluding hydrogens is 246 g/mol. The van der Waals surface area contributed by atoms with Gasteiger partial charge in [0.2, 0.25) is 5.91 Å². The molecule has 0 saturated carbocycles. The first-order chi connectivity index (χ1) is 8.63. The van der Waals surface area contributed by atoms with Crippen LogP contribution in [0.5, 0.6) is 0 Å². The lowest BCUT2D eigenvalue weighted by Gasteiger charge is -2.04. The molecule has 18 heavy (non-hydrogen) atoms. The van der Waals surface area contributed by atoms with Crippen molar-refractivity contribution in [3.05, 3.63) is 47.7 Å². The number of hydrogen-bond acceptors (Lipinski definition) is 1. The van der Waals surface area contributed by atoms with Crippen LogP contribution in [0.1, 0.15) is 23.0 Å². The molecule has 1 aromatic heterocycles. The topological polar surface area (TPSA) is 22.0 Å². The molecule has 0 radical (unpaired) electrons. The van der Waals surface area contributed by atoms with Crippen molar-refractivity contribution in [2.75, 3.05) is 5.88 Å². The number of aryl methyl sites for hydroxylation is 1. The monoisotopic (exact) mass is 261 g/mol. The second-order valence-corrected chi connectivity index (χ2v) is 4.69. The number of carbonyl (C=O) groups is 1. The molecule has 0 aliphatic rings. The van der Waals surface area contributed by atoms with Gasteiger partial charge >= 0.3 is 0 Å². The summed E-state index contributed by atoms with van der Waals surface area (Å²) in [7, 11) is 0. The lowest BCUT2D eigenvalue weighted by atomic mass is 10.2. The molecule has 0 atom stereocenters. The van der Waals surface area contributed by atoms with Crippen LogP contribution >= 0.6 is 11.6 Å². The van der Waals surface area contributed by atoms with Crippen molar-refractivity contribution in [2.24, 2.45) is 0 Å². The normalized spacial score (nSPS) is 11.5. The number of allylic oxidation sites excluding steroid dienone is 2. The zero-order valence-electron chi connectivity index (χ0n) is 10.6. The standard InChI is InChI=1S/C15H16ClNO/c1-11-6-7-15-13(9-11)10-14(5-3-4-8-16)17(15)12(2)18/h3-4,6-7,9-10H,5,8H2,1-2H3/b4-3+. The van der Waals surface area contributed by atoms with E-state index in [1.807, 2.05) is 24.3 Å². The summed E-state index contributed by atoms with van der Waals surface area (Å²) >= 11 is 5.61. The van der Waals surface area contributed by atoms with E-state index in [-0.39, 0.29) is 5.91 Å². The maximum Gasteiger partial charge on any atom is 0.228 e. The second-order valence-electron chi connectivity index (χ2n) is 4.38. The van der Waals surface area contributed by atoms with E-state index in [1.165, 1.54) is 5.56 Å². The molecule has 1 aromatic carbocycles. The fourth-order valence-corrected chi connectivity index (χ4v) is 2.31. The Morgan fingerprint density at radius 1 is 1.33 bits per heavy atom. The number of halogens is 1. The second kappa shape index (κ2) is 5.40. The van der Waals surface area contributed by atoms with Crippen molar-refractivity contribution in [3.8, 4) is 0 Å². The van der Waals surface area contributed by atoms with E-state index in [4.69, 9.17) is 11.6 Å². The number of nitrogens with zero attached hydrogens (tertiary/aromatic N) is 1. The van der Waals surface area contributed by atoms with Gasteiger partial charge in [0.15, 0.2) is 0 Å². The van der Waals surface area contributed by atoms with Crippen molar-refractivity contribution in [3.63, 3.8) is 0 Å². The molecule has 0 amide bonds. The molecule has 0 aliphatic heterocycles. The summed E-state index contributed by atoms with van der Waals surface area (Å²) in [5, 5.41) is 1.11. The van der Waals surface area contributed by atoms with E-state index in [9.17, 15) is 4.79 Å². The molecule has 1 heterocycles. The Morgan fingerprint density at radius 3 is 2.78 bits per heavy atom. The maximum absolute atomic E-state index is 11.8. The number of carbonyl (C=O) groups excluding carboxylic acids is 1. The first-order valence-electron chi connectivity index (χ1n) is 5.96. The van der Waals surface area contributed by atoms with Crippen molar-refractivity contribution >= 4 is 28.4 Å². The van der Waals surface area contributed by atoms with Crippen molar-refractivity contribution in [1.29, 1.82) is 0 Å². The highest BCUT2D eigenvalue weighted by Gasteiger charge is 2.10. The van der Waals surface area contributed by atoms with Gasteiger partial charge in [0.1, 0.15) is 0 Å². The summed E-state index contributed by atoms with van der Waals surface area (Å²) in [6.45, 7) is 3.64. The SMILES string of the molecule is CC(=O)n1c(C/C=C/CCl)cc2cc(C)ccc21. The van der Waals surface area contributed by atoms with Crippen LogP contribution < -0.4 is 0 Å². The van der Waals surface area contributed by atoms with E-state index in [0.717, 1.165) is 23.0 Å². The largest absolute Gasteiger partial charge is 0.284 e. The fraction of sp³-hybridized carbons (Fsp3) is 0.267. The molecule has 3 heteroatoms. The van der Waals surface area contributed by atoms with E-state index >= 15 is 0 Å². The van der Waals surface area contributed by atoms with Gasteiger partial charge in [0.25, 0.3) is 0 Å². The summed E-state index contributed by atoms with van der Waals surface area (Å²) in [4.78, 5) is 11.8. The van der Waals surface area contributed by atoms with Gasteiger partial charge in [-0.2, -0.15) is 0 Å². The van der Waals surface area contributed by atoms with Gasteiger partial charge in [-0.05, 0) is 25.1 Å². The Morgan fingerprint density at radius 2 is 2.11 bits per heavy atom. The smallest absolute Gasteiger partial charge is 0.228 e. The number of alkyl halides is 1. The van der Waals surface area contributed by atoms with E-state index < -0.39 is 0 Å². The quantitative estimate of drug-likeness (QED) is 0.606. The third-order valence-electron chi connectivity index (χ3n) is 2.93. The van der Waals surface area contributed by atoms with Crippen LogP contribution in [0.4, 0.5) is 0 Å². The van der Waals surface area contributed by atoms with Gasteiger partial charge in [-0.25, -0.2) is 0 Å². The summed E-state index contributed by atoms with van der Waals surface area (Å²) in [5.41, 5.74) is 3.18. The minimum atomic E-state index is 0.0446. The molecule has 0 saturated heterocycles. The Balaban J connectivity index is 2.54. The third kappa shape index (κ3) is 2.49. The van der Waals surface area contributed by atoms with Gasteiger partial charge < -0.3 is 0 Å². The molecule has 0 bridgehead atoms. The summed E-state index contributed by atoms with van der Waals surface area (Å²) in [6, 6.07) is 8.20. The van der Waals surface area contributed by atoms with Crippen LogP contribution in [0.3, 0.4) is 0 Å². The molecule has 2 rings (SSSR count). The lowest BCUT2D eigenvalue weighted by Crippen LogP contribution is -2.08. The Bertz CT molecular complexity index is 610. The molecule has 0 unspecified atom stereocenters. The highest BCUT2D eigenvalue weighted by atomic mass is 35.5. The lowest BCUT2D eigenvalue weighted by molar-refractivity contribution is 0.0939. The first kappa shape index (κ1) is 12.9. The van der Waals surface area contributed by atoms with Gasteiger partial charge in [-0.3, -0.25) is 9.36 Å². The van der Waals surface area contributed by atoms with Crippen LogP contribution in [0.15, 0.2) is 36.4 Å². The number of rotatable bonds is 3. The molecule has 2 nitrogen and oxygen atoms in total. The molecule has 0 fully saturated rings. The van der Waals surface area contributed by atoms with Crippen LogP contribution in [-0.2, 0) is 6.42 Å². The molecule has 2 aromatic rings. The number of fused-ring (bicyclic) bond motifs is 1. The van der Waals surface area contributed by atoms with Crippen molar-refractivity contribution < 1.29 is 4.79 Å². The predicted octanol–water partition coefficient (Wildman–Crippen LogP) is 3.95. The van der Waals surface area contributed by atoms with Gasteiger partial charge in [-0.1, -0.05) is 23.8 Å². The van der Waals surface area contributed by atoms with Crippen molar-refractivity contribution in [2.45, 2.75) is 20.3 Å². The van der Waals surface area contributed by atoms with Crippen molar-refractivity contribution in [1.82, 2.24) is 4.57 Å². The van der Waals surface area contributed by atoms with Gasteiger partial charge in [0, 0.05) is 30.3 Å². The highest BCUT2D eigenvalue weighted by molar-refractivity contribution is 6.18. The minimum absolute atomic E-state index is 0.0446. The molecule has 0 spiro atoms. The van der Waals surface area contributed by atoms with E-state index in [2.05, 4.69) is 19.1 Å². The molecule has 0 N–H and O–H groups in total.